The number of fused-ring (bicyclic) bond motifs is 3. The predicted molar refractivity (Wildman–Crippen MR) is 199 cm³/mol. The number of hydrogen-bond acceptors (Lipinski definition) is 2. The van der Waals surface area contributed by atoms with Gasteiger partial charge in [0.25, 0.3) is 6.33 Å². The molecule has 50 heavy (non-hydrogen) atoms. The summed E-state index contributed by atoms with van der Waals surface area (Å²) >= 11 is 0. The maximum Gasteiger partial charge on any atom is 0.267 e. The van der Waals surface area contributed by atoms with Crippen LogP contribution in [0.5, 0.6) is 11.5 Å². The minimum atomic E-state index is -0.145. The minimum absolute atomic E-state index is 0. The van der Waals surface area contributed by atoms with E-state index in [-0.39, 0.29) is 37.3 Å². The van der Waals surface area contributed by atoms with Crippen molar-refractivity contribution in [1.82, 2.24) is 14.1 Å². The van der Waals surface area contributed by atoms with Crippen LogP contribution in [0.25, 0.3) is 39.0 Å². The number of benzene rings is 4. The van der Waals surface area contributed by atoms with E-state index in [0.29, 0.717) is 11.5 Å². The number of aromatic nitrogens is 4. The van der Waals surface area contributed by atoms with Gasteiger partial charge in [-0.2, -0.15) is 18.2 Å². The van der Waals surface area contributed by atoms with E-state index in [1.54, 1.807) is 0 Å². The van der Waals surface area contributed by atoms with E-state index in [1.165, 1.54) is 11.1 Å². The predicted octanol–water partition coefficient (Wildman–Crippen LogP) is 10.3. The van der Waals surface area contributed by atoms with Gasteiger partial charge >= 0.3 is 0 Å². The standard InChI is InChI=1S/C44H44N4O.Pt/c1-42(2,3)30-23-24-45-41(25-30)48-37-19-12-10-17-34(37)35-22-21-33(27-39(35)48)49-32-16-14-15-31(26-32)47-29-46(28-40(47)44(7,8)9)38-20-13-11-18-36(38)43(4,5)6;/h10-25,28H,1-9H3;/q-2;. The molecule has 0 amide bonds. The van der Waals surface area contributed by atoms with Gasteiger partial charge in [0, 0.05) is 50.5 Å². The van der Waals surface area contributed by atoms with Crippen LogP contribution in [0.1, 0.15) is 79.1 Å². The monoisotopic (exact) mass is 839 g/mol. The van der Waals surface area contributed by atoms with Gasteiger partial charge < -0.3 is 13.9 Å². The first-order valence-corrected chi connectivity index (χ1v) is 17.0. The van der Waals surface area contributed by atoms with Crippen molar-refractivity contribution in [1.29, 1.82) is 0 Å². The summed E-state index contributed by atoms with van der Waals surface area (Å²) in [6.07, 6.45) is 7.72. The van der Waals surface area contributed by atoms with Crippen LogP contribution >= 0.6 is 0 Å². The molecule has 5 nitrogen and oxygen atoms in total. The Kier molecular flexibility index (Phi) is 9.20. The number of hydrogen-bond donors (Lipinski definition) is 0. The molecule has 0 N–H and O–H groups in total. The molecule has 6 heteroatoms. The summed E-state index contributed by atoms with van der Waals surface area (Å²) in [7, 11) is 0. The molecule has 0 saturated carbocycles. The molecular formula is C44H44N4OPt-2. The van der Waals surface area contributed by atoms with E-state index in [1.807, 2.05) is 24.4 Å². The summed E-state index contributed by atoms with van der Waals surface area (Å²) in [4.78, 5) is 4.81. The van der Waals surface area contributed by atoms with E-state index in [0.717, 1.165) is 44.7 Å². The van der Waals surface area contributed by atoms with E-state index >= 15 is 0 Å². The van der Waals surface area contributed by atoms with Crippen LogP contribution < -0.4 is 9.30 Å². The van der Waals surface area contributed by atoms with Gasteiger partial charge in [-0.15, -0.1) is 29.7 Å². The van der Waals surface area contributed by atoms with Gasteiger partial charge in [-0.25, -0.2) is 4.98 Å². The second-order valence-electron chi connectivity index (χ2n) is 15.9. The fourth-order valence-electron chi connectivity index (χ4n) is 6.45. The number of pyridine rings is 1. The molecule has 7 aromatic rings. The van der Waals surface area contributed by atoms with Crippen LogP contribution in [-0.2, 0) is 37.3 Å². The minimum Gasteiger partial charge on any atom is -0.510 e. The summed E-state index contributed by atoms with van der Waals surface area (Å²) in [5.74, 6) is 2.07. The zero-order valence-electron chi connectivity index (χ0n) is 30.3. The average Bonchev–Trinajstić information content (AvgIpc) is 3.65. The van der Waals surface area contributed by atoms with Gasteiger partial charge in [0.15, 0.2) is 0 Å². The SMILES string of the molecule is CC(C)(C)c1ccnc(-n2c3[c-]c(Oc4[c-]c(-n5[c-][n+](-c6ccccc6C(C)(C)C)cc5C(C)(C)C)ccc4)ccc3c3ccccc32)c1.[Pt]. The number of imidazole rings is 1. The van der Waals surface area contributed by atoms with Crippen molar-refractivity contribution in [3.63, 3.8) is 0 Å². The van der Waals surface area contributed by atoms with Crippen molar-refractivity contribution in [2.75, 3.05) is 0 Å². The van der Waals surface area contributed by atoms with Gasteiger partial charge in [0.05, 0.1) is 11.4 Å². The van der Waals surface area contributed by atoms with Crippen molar-refractivity contribution in [2.24, 2.45) is 0 Å². The van der Waals surface area contributed by atoms with Crippen molar-refractivity contribution >= 4 is 21.8 Å². The van der Waals surface area contributed by atoms with E-state index < -0.39 is 0 Å². The fraction of sp³-hybridized carbons (Fsp3) is 0.273. The van der Waals surface area contributed by atoms with Crippen molar-refractivity contribution in [3.8, 4) is 28.7 Å². The molecule has 0 aliphatic rings. The second-order valence-corrected chi connectivity index (χ2v) is 15.9. The molecule has 0 fully saturated rings. The van der Waals surface area contributed by atoms with Crippen LogP contribution in [0.2, 0.25) is 0 Å². The van der Waals surface area contributed by atoms with Crippen molar-refractivity contribution in [2.45, 2.75) is 78.6 Å². The molecule has 7 rings (SSSR count). The number of para-hydroxylation sites is 2. The molecule has 4 aromatic carbocycles. The molecule has 0 aliphatic heterocycles. The van der Waals surface area contributed by atoms with E-state index in [4.69, 9.17) is 9.72 Å². The van der Waals surface area contributed by atoms with Gasteiger partial charge in [-0.1, -0.05) is 104 Å². The van der Waals surface area contributed by atoms with Crippen LogP contribution in [-0.4, -0.2) is 14.1 Å². The Morgan fingerprint density at radius 1 is 0.680 bits per heavy atom. The van der Waals surface area contributed by atoms with Crippen LogP contribution in [0.3, 0.4) is 0 Å². The van der Waals surface area contributed by atoms with Gasteiger partial charge in [-0.05, 0) is 62.7 Å². The number of nitrogens with zero attached hydrogens (tertiary/aromatic N) is 4. The van der Waals surface area contributed by atoms with Crippen molar-refractivity contribution < 1.29 is 30.4 Å². The van der Waals surface area contributed by atoms with E-state index in [9.17, 15) is 0 Å². The maximum atomic E-state index is 6.52. The molecule has 0 unspecified atom stereocenters. The molecule has 258 valence electrons. The second kappa shape index (κ2) is 13.0. The Morgan fingerprint density at radius 2 is 1.40 bits per heavy atom. The first-order valence-electron chi connectivity index (χ1n) is 17.0. The largest absolute Gasteiger partial charge is 0.510 e. The van der Waals surface area contributed by atoms with Crippen LogP contribution in [0.15, 0.2) is 103 Å². The fourth-order valence-corrected chi connectivity index (χ4v) is 6.45. The summed E-state index contributed by atoms with van der Waals surface area (Å²) in [6, 6.07) is 38.5. The topological polar surface area (TPSA) is 35.9 Å². The molecule has 0 saturated heterocycles. The first-order chi connectivity index (χ1) is 23.2. The van der Waals surface area contributed by atoms with Crippen LogP contribution in [0, 0.1) is 18.5 Å². The first kappa shape index (κ1) is 35.4. The molecule has 3 heterocycles. The zero-order valence-corrected chi connectivity index (χ0v) is 32.6. The summed E-state index contributed by atoms with van der Waals surface area (Å²) in [5, 5.41) is 2.25. The van der Waals surface area contributed by atoms with E-state index in [2.05, 4.69) is 173 Å². The molecule has 0 bridgehead atoms. The molecule has 3 aromatic heterocycles. The Morgan fingerprint density at radius 3 is 2.14 bits per heavy atom. The number of rotatable bonds is 5. The zero-order chi connectivity index (χ0) is 34.7. The average molecular weight is 840 g/mol. The third kappa shape index (κ3) is 6.68. The molecule has 0 atom stereocenters. The maximum absolute atomic E-state index is 6.52. The Labute approximate surface area is 310 Å². The Bertz CT molecular complexity index is 2330. The normalized spacial score (nSPS) is 12.3. The smallest absolute Gasteiger partial charge is 0.267 e. The summed E-state index contributed by atoms with van der Waals surface area (Å²) < 4.78 is 12.9. The van der Waals surface area contributed by atoms with Crippen LogP contribution in [0.4, 0.5) is 0 Å². The third-order valence-electron chi connectivity index (χ3n) is 9.05. The molecular weight excluding hydrogens is 796 g/mol. The Balaban J connectivity index is 0.00000432. The molecule has 0 radical (unpaired) electrons. The van der Waals surface area contributed by atoms with Gasteiger partial charge in [0.2, 0.25) is 0 Å². The van der Waals surface area contributed by atoms with Gasteiger partial charge in [0.1, 0.15) is 5.82 Å². The third-order valence-corrected chi connectivity index (χ3v) is 9.05. The Hall–Kier alpha value is -4.47. The quantitative estimate of drug-likeness (QED) is 0.128. The van der Waals surface area contributed by atoms with Gasteiger partial charge in [-0.3, -0.25) is 4.57 Å². The number of ether oxygens (including phenoxy) is 1. The molecule has 0 spiro atoms. The summed E-state index contributed by atoms with van der Waals surface area (Å²) in [5.41, 5.74) is 7.41. The summed E-state index contributed by atoms with van der Waals surface area (Å²) in [6.45, 7) is 20.1. The molecule has 0 aliphatic carbocycles. The van der Waals surface area contributed by atoms with Crippen molar-refractivity contribution in [3.05, 3.63) is 139 Å².